The summed E-state index contributed by atoms with van der Waals surface area (Å²) in [5.74, 6) is 0.185. The summed E-state index contributed by atoms with van der Waals surface area (Å²) in [6.07, 6.45) is 0.935. The molecule has 3 rings (SSSR count). The Morgan fingerprint density at radius 1 is 1.13 bits per heavy atom. The normalized spacial score (nSPS) is 10.6. The molecule has 1 aromatic heterocycles. The fraction of sp³-hybridized carbons (Fsp3) is 0.292. The van der Waals surface area contributed by atoms with Crippen molar-refractivity contribution >= 4 is 22.6 Å². The van der Waals surface area contributed by atoms with Gasteiger partial charge in [0.2, 0.25) is 0 Å². The van der Waals surface area contributed by atoms with Crippen LogP contribution >= 0.6 is 0 Å². The van der Waals surface area contributed by atoms with Crippen LogP contribution in [-0.2, 0) is 11.2 Å². The molecule has 0 atom stereocenters. The van der Waals surface area contributed by atoms with E-state index in [2.05, 4.69) is 6.07 Å². The number of fused-ring (bicyclic) bond motifs is 1. The molecule has 0 unspecified atom stereocenters. The van der Waals surface area contributed by atoms with Crippen molar-refractivity contribution in [1.29, 1.82) is 5.26 Å². The first-order valence-electron chi connectivity index (χ1n) is 9.87. The number of amides is 1. The molecule has 0 aliphatic rings. The van der Waals surface area contributed by atoms with Crippen LogP contribution in [0.25, 0.3) is 11.0 Å². The van der Waals surface area contributed by atoms with Gasteiger partial charge in [-0.1, -0.05) is 13.0 Å². The van der Waals surface area contributed by atoms with Gasteiger partial charge in [0, 0.05) is 29.8 Å². The fourth-order valence-corrected chi connectivity index (χ4v) is 3.27. The zero-order valence-corrected chi connectivity index (χ0v) is 17.4. The second kappa shape index (κ2) is 9.27. The van der Waals surface area contributed by atoms with Gasteiger partial charge >= 0.3 is 5.63 Å². The molecule has 3 aromatic rings. The number of nitrogens with zero attached hydrogens (tertiary/aromatic N) is 2. The highest BCUT2D eigenvalue weighted by Gasteiger charge is 2.17. The molecular weight excluding hydrogens is 380 g/mol. The quantitative estimate of drug-likeness (QED) is 0.548. The maximum atomic E-state index is 12.9. The van der Waals surface area contributed by atoms with Crippen molar-refractivity contribution in [2.45, 2.75) is 33.6 Å². The highest BCUT2D eigenvalue weighted by atomic mass is 16.5. The maximum Gasteiger partial charge on any atom is 0.336 e. The molecule has 154 valence electrons. The highest BCUT2D eigenvalue weighted by molar-refractivity contribution is 5.94. The number of benzene rings is 2. The zero-order valence-electron chi connectivity index (χ0n) is 17.4. The fourth-order valence-electron chi connectivity index (χ4n) is 3.27. The Balaban J connectivity index is 1.80. The highest BCUT2D eigenvalue weighted by Crippen LogP contribution is 2.24. The van der Waals surface area contributed by atoms with E-state index in [1.54, 1.807) is 17.0 Å². The number of rotatable bonds is 7. The summed E-state index contributed by atoms with van der Waals surface area (Å²) in [6, 6.07) is 14.5. The van der Waals surface area contributed by atoms with Crippen molar-refractivity contribution in [2.24, 2.45) is 0 Å². The van der Waals surface area contributed by atoms with Gasteiger partial charge in [-0.25, -0.2) is 4.79 Å². The second-order valence-corrected chi connectivity index (χ2v) is 7.11. The van der Waals surface area contributed by atoms with Crippen LogP contribution in [-0.4, -0.2) is 19.1 Å². The third kappa shape index (κ3) is 4.69. The van der Waals surface area contributed by atoms with Gasteiger partial charge in [0.1, 0.15) is 11.3 Å². The van der Waals surface area contributed by atoms with Gasteiger partial charge in [0.25, 0.3) is 5.91 Å². The number of carbonyl (C=O) groups excluding carboxylic acids is 1. The van der Waals surface area contributed by atoms with Crippen molar-refractivity contribution in [2.75, 3.05) is 18.1 Å². The van der Waals surface area contributed by atoms with Gasteiger partial charge in [-0.15, -0.1) is 0 Å². The topological polar surface area (TPSA) is 83.5 Å². The summed E-state index contributed by atoms with van der Waals surface area (Å²) >= 11 is 0. The molecule has 1 heterocycles. The summed E-state index contributed by atoms with van der Waals surface area (Å²) in [4.78, 5) is 26.2. The first kappa shape index (κ1) is 21.1. The van der Waals surface area contributed by atoms with Crippen LogP contribution in [0.1, 0.15) is 30.0 Å². The maximum absolute atomic E-state index is 12.9. The first-order valence-corrected chi connectivity index (χ1v) is 9.87. The molecule has 0 saturated carbocycles. The SMILES string of the molecule is CCc1cc(=O)oc2cc(OCC(=O)N(CCC#N)c3ccc(C)c(C)c3)ccc12. The molecule has 0 bridgehead atoms. The molecule has 0 saturated heterocycles. The third-order valence-corrected chi connectivity index (χ3v) is 5.10. The van der Waals surface area contributed by atoms with Crippen molar-refractivity contribution in [1.82, 2.24) is 0 Å². The number of ether oxygens (including phenoxy) is 1. The van der Waals surface area contributed by atoms with E-state index in [4.69, 9.17) is 14.4 Å². The lowest BCUT2D eigenvalue weighted by atomic mass is 10.1. The van der Waals surface area contributed by atoms with Gasteiger partial charge in [0.15, 0.2) is 6.61 Å². The van der Waals surface area contributed by atoms with Crippen LogP contribution in [0.15, 0.2) is 51.7 Å². The van der Waals surface area contributed by atoms with E-state index in [1.165, 1.54) is 6.07 Å². The molecule has 0 radical (unpaired) electrons. The first-order chi connectivity index (χ1) is 14.4. The van der Waals surface area contributed by atoms with Crippen LogP contribution in [0.2, 0.25) is 0 Å². The average molecular weight is 404 g/mol. The van der Waals surface area contributed by atoms with Crippen molar-refractivity contribution < 1.29 is 13.9 Å². The number of hydrogen-bond acceptors (Lipinski definition) is 5. The van der Waals surface area contributed by atoms with E-state index < -0.39 is 5.63 Å². The minimum absolute atomic E-state index is 0.193. The molecular formula is C24H24N2O4. The summed E-state index contributed by atoms with van der Waals surface area (Å²) < 4.78 is 11.0. The minimum atomic E-state index is -0.412. The predicted molar refractivity (Wildman–Crippen MR) is 116 cm³/mol. The monoisotopic (exact) mass is 404 g/mol. The smallest absolute Gasteiger partial charge is 0.336 e. The second-order valence-electron chi connectivity index (χ2n) is 7.11. The van der Waals surface area contributed by atoms with Crippen LogP contribution in [0.4, 0.5) is 5.69 Å². The number of nitriles is 1. The Morgan fingerprint density at radius 2 is 1.93 bits per heavy atom. The summed E-state index contributed by atoms with van der Waals surface area (Å²) in [5, 5.41) is 9.81. The van der Waals surface area contributed by atoms with Gasteiger partial charge in [-0.3, -0.25) is 4.79 Å². The van der Waals surface area contributed by atoms with E-state index in [0.717, 1.165) is 27.8 Å². The Bertz CT molecular complexity index is 1170. The molecule has 0 N–H and O–H groups in total. The molecule has 0 aliphatic carbocycles. The standard InChI is InChI=1S/C24H24N2O4/c1-4-18-13-24(28)30-22-14-20(8-9-21(18)22)29-15-23(27)26(11-5-10-25)19-7-6-16(2)17(3)12-19/h6-9,12-14H,4-5,11,15H2,1-3H3. The van der Waals surface area contributed by atoms with Crippen LogP contribution in [0.5, 0.6) is 5.75 Å². The van der Waals surface area contributed by atoms with Gasteiger partial charge < -0.3 is 14.1 Å². The zero-order chi connectivity index (χ0) is 21.7. The molecule has 30 heavy (non-hydrogen) atoms. The van der Waals surface area contributed by atoms with E-state index in [0.29, 0.717) is 17.8 Å². The number of anilines is 1. The van der Waals surface area contributed by atoms with Crippen LogP contribution < -0.4 is 15.3 Å². The summed E-state index contributed by atoms with van der Waals surface area (Å²) in [5.41, 5.74) is 3.86. The molecule has 6 nitrogen and oxygen atoms in total. The molecule has 2 aromatic carbocycles. The summed E-state index contributed by atoms with van der Waals surface area (Å²) in [7, 11) is 0. The Labute approximate surface area is 175 Å². The van der Waals surface area contributed by atoms with Crippen LogP contribution in [0, 0.1) is 25.2 Å². The lowest BCUT2D eigenvalue weighted by Crippen LogP contribution is -2.35. The van der Waals surface area contributed by atoms with E-state index in [9.17, 15) is 9.59 Å². The Morgan fingerprint density at radius 3 is 2.63 bits per heavy atom. The van der Waals surface area contributed by atoms with E-state index in [-0.39, 0.29) is 25.5 Å². The summed E-state index contributed by atoms with van der Waals surface area (Å²) in [6.45, 7) is 6.05. The molecule has 1 amide bonds. The number of hydrogen-bond donors (Lipinski definition) is 0. The van der Waals surface area contributed by atoms with Crippen LogP contribution in [0.3, 0.4) is 0 Å². The van der Waals surface area contributed by atoms with Gasteiger partial charge in [0.05, 0.1) is 12.5 Å². The predicted octanol–water partition coefficient (Wildman–Crippen LogP) is 4.30. The van der Waals surface area contributed by atoms with Crippen molar-refractivity contribution in [3.63, 3.8) is 0 Å². The number of carbonyl (C=O) groups is 1. The molecule has 0 spiro atoms. The molecule has 6 heteroatoms. The Kier molecular flexibility index (Phi) is 6.53. The minimum Gasteiger partial charge on any atom is -0.484 e. The lowest BCUT2D eigenvalue weighted by Gasteiger charge is -2.23. The largest absolute Gasteiger partial charge is 0.484 e. The van der Waals surface area contributed by atoms with Gasteiger partial charge in [-0.2, -0.15) is 5.26 Å². The van der Waals surface area contributed by atoms with E-state index >= 15 is 0 Å². The number of aryl methyl sites for hydroxylation is 3. The molecule has 0 fully saturated rings. The van der Waals surface area contributed by atoms with Gasteiger partial charge in [-0.05, 0) is 61.2 Å². The Hall–Kier alpha value is -3.59. The average Bonchev–Trinajstić information content (AvgIpc) is 2.73. The lowest BCUT2D eigenvalue weighted by molar-refractivity contribution is -0.120. The van der Waals surface area contributed by atoms with E-state index in [1.807, 2.05) is 45.0 Å². The van der Waals surface area contributed by atoms with Crippen molar-refractivity contribution in [3.8, 4) is 11.8 Å². The molecule has 0 aliphatic heterocycles. The third-order valence-electron chi connectivity index (χ3n) is 5.10. The van der Waals surface area contributed by atoms with Crippen molar-refractivity contribution in [3.05, 3.63) is 69.6 Å².